The summed E-state index contributed by atoms with van der Waals surface area (Å²) in [6.45, 7) is 2.66. The van der Waals surface area contributed by atoms with E-state index in [9.17, 15) is 4.39 Å². The van der Waals surface area contributed by atoms with Crippen molar-refractivity contribution in [2.24, 2.45) is 0 Å². The lowest BCUT2D eigenvalue weighted by Crippen LogP contribution is -2.05. The molecule has 0 atom stereocenters. The molecule has 0 fully saturated rings. The Kier molecular flexibility index (Phi) is 3.70. The second-order valence-corrected chi connectivity index (χ2v) is 5.17. The van der Waals surface area contributed by atoms with Gasteiger partial charge in [0.1, 0.15) is 11.6 Å². The maximum atomic E-state index is 13.6. The second kappa shape index (κ2) is 5.65. The lowest BCUT2D eigenvalue weighted by Gasteiger charge is -2.09. The molecule has 0 unspecified atom stereocenters. The summed E-state index contributed by atoms with van der Waals surface area (Å²) in [7, 11) is 0. The van der Waals surface area contributed by atoms with Crippen LogP contribution < -0.4 is 10.6 Å². The minimum atomic E-state index is -0.343. The van der Waals surface area contributed by atoms with Crippen LogP contribution in [-0.2, 0) is 0 Å². The fourth-order valence-electron chi connectivity index (χ4n) is 1.88. The van der Waals surface area contributed by atoms with Gasteiger partial charge in [0.05, 0.1) is 16.1 Å². The molecule has 0 spiro atoms. The zero-order chi connectivity index (χ0) is 14.8. The van der Waals surface area contributed by atoms with Crippen LogP contribution in [0, 0.1) is 5.82 Å². The Hall–Kier alpha value is -2.22. The Morgan fingerprint density at radius 1 is 1.33 bits per heavy atom. The molecule has 3 rings (SSSR count). The van der Waals surface area contributed by atoms with Crippen molar-refractivity contribution >= 4 is 44.4 Å². The summed E-state index contributed by atoms with van der Waals surface area (Å²) in [4.78, 5) is 8.68. The summed E-state index contributed by atoms with van der Waals surface area (Å²) in [5.74, 6) is 0.699. The zero-order valence-electron chi connectivity index (χ0n) is 11.1. The van der Waals surface area contributed by atoms with Gasteiger partial charge >= 0.3 is 0 Å². The third-order valence-electron chi connectivity index (χ3n) is 2.83. The van der Waals surface area contributed by atoms with E-state index in [0.29, 0.717) is 34.1 Å². The van der Waals surface area contributed by atoms with Gasteiger partial charge in [0.25, 0.3) is 0 Å². The highest BCUT2D eigenvalue weighted by Gasteiger charge is 2.10. The first kappa shape index (κ1) is 13.7. The number of hydrogen-bond donors (Lipinski definition) is 3. The molecule has 0 aliphatic rings. The highest BCUT2D eigenvalue weighted by molar-refractivity contribution is 9.10. The van der Waals surface area contributed by atoms with Gasteiger partial charge in [0, 0.05) is 12.2 Å². The summed E-state index contributed by atoms with van der Waals surface area (Å²) in [5.41, 5.74) is 1.21. The maximum Gasteiger partial charge on any atom is 0.226 e. The van der Waals surface area contributed by atoms with Crippen molar-refractivity contribution in [2.75, 3.05) is 17.2 Å². The topological polar surface area (TPSA) is 78.5 Å². The number of hydrogen-bond acceptors (Lipinski definition) is 5. The van der Waals surface area contributed by atoms with Crippen LogP contribution in [0.1, 0.15) is 6.92 Å². The Labute approximate surface area is 128 Å². The summed E-state index contributed by atoms with van der Waals surface area (Å²) in [6, 6.07) is 4.79. The van der Waals surface area contributed by atoms with Gasteiger partial charge in [-0.25, -0.2) is 4.39 Å². The molecule has 0 saturated carbocycles. The Bertz CT molecular complexity index is 787. The number of fused-ring (bicyclic) bond motifs is 1. The van der Waals surface area contributed by atoms with Crippen LogP contribution in [0.3, 0.4) is 0 Å². The molecule has 21 heavy (non-hydrogen) atoms. The number of H-pyrrole nitrogens is 1. The van der Waals surface area contributed by atoms with Gasteiger partial charge in [0.2, 0.25) is 5.95 Å². The normalized spacial score (nSPS) is 10.8. The summed E-state index contributed by atoms with van der Waals surface area (Å²) < 4.78 is 14.0. The van der Waals surface area contributed by atoms with Crippen LogP contribution in [0.15, 0.2) is 28.9 Å². The minimum Gasteiger partial charge on any atom is -0.354 e. The molecule has 2 aromatic heterocycles. The van der Waals surface area contributed by atoms with Gasteiger partial charge in [-0.1, -0.05) is 0 Å². The van der Waals surface area contributed by atoms with Crippen LogP contribution in [0.5, 0.6) is 0 Å². The number of benzene rings is 1. The molecule has 6 nitrogen and oxygen atoms in total. The molecule has 8 heteroatoms. The third kappa shape index (κ3) is 2.80. The lowest BCUT2D eigenvalue weighted by molar-refractivity contribution is 0.622. The van der Waals surface area contributed by atoms with Gasteiger partial charge in [-0.2, -0.15) is 15.1 Å². The lowest BCUT2D eigenvalue weighted by atomic mass is 10.3. The monoisotopic (exact) mass is 350 g/mol. The highest BCUT2D eigenvalue weighted by atomic mass is 79.9. The number of aromatic nitrogens is 4. The minimum absolute atomic E-state index is 0.343. The number of rotatable bonds is 4. The molecule has 0 bridgehead atoms. The SMILES string of the molecule is CCNc1nc(Nc2ccc(Br)c(F)c2)c2cn[nH]c2n1. The second-order valence-electron chi connectivity index (χ2n) is 4.31. The standard InChI is InChI=1S/C13H12BrFN6/c1-2-16-13-19-11(8-6-17-21-12(8)20-13)18-7-3-4-9(14)10(15)5-7/h3-6H,2H2,1H3,(H3,16,17,18,19,20,21). The largest absolute Gasteiger partial charge is 0.354 e. The molecule has 0 aliphatic carbocycles. The number of aromatic amines is 1. The maximum absolute atomic E-state index is 13.6. The molecule has 3 N–H and O–H groups in total. The fourth-order valence-corrected chi connectivity index (χ4v) is 2.12. The third-order valence-corrected chi connectivity index (χ3v) is 3.47. The fraction of sp³-hybridized carbons (Fsp3) is 0.154. The molecular weight excluding hydrogens is 339 g/mol. The van der Waals surface area contributed by atoms with E-state index in [1.807, 2.05) is 6.92 Å². The van der Waals surface area contributed by atoms with E-state index in [2.05, 4.69) is 46.7 Å². The van der Waals surface area contributed by atoms with Crippen molar-refractivity contribution in [1.82, 2.24) is 20.2 Å². The van der Waals surface area contributed by atoms with E-state index in [0.717, 1.165) is 5.39 Å². The van der Waals surface area contributed by atoms with Crippen LogP contribution >= 0.6 is 15.9 Å². The average molecular weight is 351 g/mol. The predicted molar refractivity (Wildman–Crippen MR) is 83.2 cm³/mol. The van der Waals surface area contributed by atoms with Gasteiger partial charge < -0.3 is 10.6 Å². The molecule has 0 amide bonds. The van der Waals surface area contributed by atoms with Crippen LogP contribution in [0.2, 0.25) is 0 Å². The van der Waals surface area contributed by atoms with Crippen LogP contribution in [0.4, 0.5) is 21.8 Å². The molecule has 0 aliphatic heterocycles. The van der Waals surface area contributed by atoms with Gasteiger partial charge in [-0.3, -0.25) is 5.10 Å². The van der Waals surface area contributed by atoms with Crippen molar-refractivity contribution < 1.29 is 4.39 Å². The van der Waals surface area contributed by atoms with E-state index in [1.54, 1.807) is 18.3 Å². The Balaban J connectivity index is 2.01. The molecule has 0 saturated heterocycles. The van der Waals surface area contributed by atoms with Crippen molar-refractivity contribution in [1.29, 1.82) is 0 Å². The summed E-state index contributed by atoms with van der Waals surface area (Å²) >= 11 is 3.13. The molecule has 2 heterocycles. The summed E-state index contributed by atoms with van der Waals surface area (Å²) in [5, 5.41) is 13.6. The molecule has 1 aromatic carbocycles. The van der Waals surface area contributed by atoms with Crippen molar-refractivity contribution in [2.45, 2.75) is 6.92 Å². The van der Waals surface area contributed by atoms with Crippen molar-refractivity contribution in [3.63, 3.8) is 0 Å². The number of halogens is 2. The molecule has 3 aromatic rings. The van der Waals surface area contributed by atoms with Crippen molar-refractivity contribution in [3.05, 3.63) is 34.7 Å². The quantitative estimate of drug-likeness (QED) is 0.671. The van der Waals surface area contributed by atoms with E-state index in [1.165, 1.54) is 6.07 Å². The van der Waals surface area contributed by atoms with Crippen LogP contribution in [-0.4, -0.2) is 26.7 Å². The number of anilines is 3. The van der Waals surface area contributed by atoms with Gasteiger partial charge in [0.15, 0.2) is 5.65 Å². The number of nitrogens with zero attached hydrogens (tertiary/aromatic N) is 3. The first-order valence-corrected chi connectivity index (χ1v) is 7.13. The van der Waals surface area contributed by atoms with E-state index >= 15 is 0 Å². The first-order valence-electron chi connectivity index (χ1n) is 6.34. The Morgan fingerprint density at radius 2 is 2.19 bits per heavy atom. The molecule has 0 radical (unpaired) electrons. The predicted octanol–water partition coefficient (Wildman–Crippen LogP) is 3.43. The molecule has 108 valence electrons. The van der Waals surface area contributed by atoms with E-state index in [-0.39, 0.29) is 5.82 Å². The van der Waals surface area contributed by atoms with E-state index < -0.39 is 0 Å². The van der Waals surface area contributed by atoms with Crippen molar-refractivity contribution in [3.8, 4) is 0 Å². The smallest absolute Gasteiger partial charge is 0.226 e. The number of nitrogens with one attached hydrogen (secondary N) is 3. The van der Waals surface area contributed by atoms with E-state index in [4.69, 9.17) is 0 Å². The Morgan fingerprint density at radius 3 is 2.95 bits per heavy atom. The average Bonchev–Trinajstić information content (AvgIpc) is 2.92. The highest BCUT2D eigenvalue weighted by Crippen LogP contribution is 2.26. The van der Waals surface area contributed by atoms with Gasteiger partial charge in [-0.15, -0.1) is 0 Å². The summed E-state index contributed by atoms with van der Waals surface area (Å²) in [6.07, 6.45) is 1.63. The molecular formula is C13H12BrFN6. The zero-order valence-corrected chi connectivity index (χ0v) is 12.7. The van der Waals surface area contributed by atoms with Gasteiger partial charge in [-0.05, 0) is 41.1 Å². The first-order chi connectivity index (χ1) is 10.2. The van der Waals surface area contributed by atoms with Crippen LogP contribution in [0.25, 0.3) is 11.0 Å².